The van der Waals surface area contributed by atoms with Crippen LogP contribution in [0.2, 0.25) is 0 Å². The monoisotopic (exact) mass is 381 g/mol. The van der Waals surface area contributed by atoms with Crippen LogP contribution < -0.4 is 0 Å². The summed E-state index contributed by atoms with van der Waals surface area (Å²) in [6, 6.07) is 0. The molecule has 0 atom stereocenters. The molecule has 0 spiro atoms. The van der Waals surface area contributed by atoms with E-state index in [2.05, 4.69) is 0 Å². The minimum atomic E-state index is 0. The van der Waals surface area contributed by atoms with Crippen molar-refractivity contribution in [2.45, 2.75) is 0 Å². The zero-order valence-corrected chi connectivity index (χ0v) is 5.83. The first-order valence-corrected chi connectivity index (χ1v) is 0. The largest absolute Gasteiger partial charge is 0 e. The Morgan fingerprint density at radius 3 is 1.00 bits per heavy atom. The topological polar surface area (TPSA) is 0 Å². The molecular weight excluding hydrogens is 376 g/mol. The predicted molar refractivity (Wildman–Crippen MR) is 11.3 cm³/mol. The molecule has 0 aliphatic heterocycles. The third-order valence-corrected chi connectivity index (χ3v) is 0. The normalized spacial score (nSPS) is 0. The number of hydrogen-bond donors (Lipinski definition) is 0. The van der Waals surface area contributed by atoms with E-state index in [0.29, 0.717) is 0 Å². The van der Waals surface area contributed by atoms with Crippen LogP contribution in [0.5, 0.6) is 0 Å². The van der Waals surface area contributed by atoms with Gasteiger partial charge in [0.15, 0.2) is 0 Å². The standard InChI is InChI=1S/Au.GeH4.Ni.Ti/h;1H4;;. The Kier molecular flexibility index (Phi) is 141. The Labute approximate surface area is 77.2 Å². The van der Waals surface area contributed by atoms with Gasteiger partial charge >= 0.3 is 17.6 Å². The zero-order chi connectivity index (χ0) is 0. The van der Waals surface area contributed by atoms with Crippen molar-refractivity contribution in [3.05, 3.63) is 0 Å². The van der Waals surface area contributed by atoms with E-state index in [1.165, 1.54) is 0 Å². The first kappa shape index (κ1) is 31.5. The fourth-order valence-corrected chi connectivity index (χ4v) is 0. The average molecular weight is 380 g/mol. The van der Waals surface area contributed by atoms with E-state index in [-0.39, 0.29) is 78.2 Å². The van der Waals surface area contributed by atoms with E-state index in [4.69, 9.17) is 0 Å². The summed E-state index contributed by atoms with van der Waals surface area (Å²) in [5.74, 6) is 0. The van der Waals surface area contributed by atoms with Crippen LogP contribution in [0.4, 0.5) is 0 Å². The molecule has 0 aliphatic rings. The van der Waals surface area contributed by atoms with Crippen LogP contribution in [0.15, 0.2) is 0 Å². The van der Waals surface area contributed by atoms with Crippen molar-refractivity contribution in [1.29, 1.82) is 0 Å². The smallest absolute Gasteiger partial charge is 0 e. The molecular formula is H4AuGeNiTi. The third kappa shape index (κ3) is 8.82. The Hall–Kier alpha value is 2.49. The first-order valence-electron chi connectivity index (χ1n) is 0. The van der Waals surface area contributed by atoms with E-state index < -0.39 is 0 Å². The van der Waals surface area contributed by atoms with Gasteiger partial charge in [0.05, 0.1) is 0 Å². The Balaban J connectivity index is 0. The van der Waals surface area contributed by atoms with Crippen molar-refractivity contribution < 1.29 is 60.6 Å². The van der Waals surface area contributed by atoms with E-state index in [0.717, 1.165) is 0 Å². The Morgan fingerprint density at radius 1 is 1.00 bits per heavy atom. The average Bonchev–Trinajstić information content (AvgIpc) is 0. The van der Waals surface area contributed by atoms with Crippen LogP contribution >= 0.6 is 0 Å². The van der Waals surface area contributed by atoms with Crippen LogP contribution in [-0.4, -0.2) is 17.6 Å². The van der Waals surface area contributed by atoms with Crippen LogP contribution in [0, 0.1) is 0 Å². The summed E-state index contributed by atoms with van der Waals surface area (Å²) in [4.78, 5) is 0. The van der Waals surface area contributed by atoms with Crippen LogP contribution in [0.3, 0.4) is 0 Å². The van der Waals surface area contributed by atoms with Gasteiger partial charge in [0.25, 0.3) is 0 Å². The summed E-state index contributed by atoms with van der Waals surface area (Å²) in [6.07, 6.45) is 0. The Morgan fingerprint density at radius 2 is 1.00 bits per heavy atom. The molecule has 0 aromatic rings. The van der Waals surface area contributed by atoms with Crippen LogP contribution in [0.1, 0.15) is 0 Å². The third-order valence-electron chi connectivity index (χ3n) is 0. The molecule has 33 valence electrons. The molecule has 0 aromatic carbocycles. The Bertz CT molecular complexity index is 8.00. The van der Waals surface area contributed by atoms with Crippen LogP contribution in [0.25, 0.3) is 0 Å². The van der Waals surface area contributed by atoms with Gasteiger partial charge in [0.2, 0.25) is 0 Å². The van der Waals surface area contributed by atoms with Gasteiger partial charge in [-0.15, -0.1) is 0 Å². The van der Waals surface area contributed by atoms with Crippen molar-refractivity contribution in [1.82, 2.24) is 0 Å². The van der Waals surface area contributed by atoms with E-state index in [9.17, 15) is 0 Å². The molecule has 0 saturated heterocycles. The maximum atomic E-state index is 0. The zero-order valence-electron chi connectivity index (χ0n) is 1.12. The molecule has 4 heteroatoms. The summed E-state index contributed by atoms with van der Waals surface area (Å²) in [7, 11) is 0. The van der Waals surface area contributed by atoms with Gasteiger partial charge < -0.3 is 0 Å². The maximum absolute atomic E-state index is 0. The maximum Gasteiger partial charge on any atom is 0 e. The second-order valence-corrected chi connectivity index (χ2v) is 0. The molecule has 0 nitrogen and oxygen atoms in total. The second-order valence-electron chi connectivity index (χ2n) is 0. The van der Waals surface area contributed by atoms with Gasteiger partial charge in [-0.2, -0.15) is 0 Å². The molecule has 0 saturated carbocycles. The SMILES string of the molecule is [Au].[GeH4].[Ni].[Ti]. The van der Waals surface area contributed by atoms with Gasteiger partial charge in [-0.25, -0.2) is 0 Å². The predicted octanol–water partition coefficient (Wildman–Crippen LogP) is -1.46. The minimum Gasteiger partial charge on any atom is 0 e. The van der Waals surface area contributed by atoms with E-state index in [1.807, 2.05) is 0 Å². The molecule has 4 heavy (non-hydrogen) atoms. The van der Waals surface area contributed by atoms with Gasteiger partial charge in [0.1, 0.15) is 0 Å². The fourth-order valence-electron chi connectivity index (χ4n) is 0. The van der Waals surface area contributed by atoms with Crippen molar-refractivity contribution in [2.75, 3.05) is 0 Å². The number of hydrogen-bond acceptors (Lipinski definition) is 0. The molecule has 0 aliphatic carbocycles. The van der Waals surface area contributed by atoms with Crippen molar-refractivity contribution >= 4 is 17.6 Å². The molecule has 1 radical (unpaired) electrons. The molecule has 0 rings (SSSR count). The molecule has 0 fully saturated rings. The quantitative estimate of drug-likeness (QED) is 0.451. The molecule has 0 aromatic heterocycles. The van der Waals surface area contributed by atoms with E-state index >= 15 is 0 Å². The van der Waals surface area contributed by atoms with Gasteiger partial charge in [-0.1, -0.05) is 0 Å². The van der Waals surface area contributed by atoms with Crippen LogP contribution in [-0.2, 0) is 60.6 Å². The summed E-state index contributed by atoms with van der Waals surface area (Å²) in [5, 5.41) is 0. The summed E-state index contributed by atoms with van der Waals surface area (Å²) >= 11 is 0. The van der Waals surface area contributed by atoms with E-state index in [1.54, 1.807) is 0 Å². The number of rotatable bonds is 0. The van der Waals surface area contributed by atoms with Gasteiger partial charge in [-0.05, 0) is 0 Å². The molecule has 0 heterocycles. The van der Waals surface area contributed by atoms with Crippen molar-refractivity contribution in [3.8, 4) is 0 Å². The molecule has 0 bridgehead atoms. The molecule has 0 unspecified atom stereocenters. The molecule has 0 amide bonds. The van der Waals surface area contributed by atoms with Crippen molar-refractivity contribution in [3.63, 3.8) is 0 Å². The first-order chi connectivity index (χ1) is 0. The minimum absolute atomic E-state index is 0. The second kappa shape index (κ2) is 17.8. The van der Waals surface area contributed by atoms with Gasteiger partial charge in [0, 0.05) is 60.6 Å². The molecule has 0 N–H and O–H groups in total. The fraction of sp³-hybridized carbons (Fsp3) is 0. The van der Waals surface area contributed by atoms with Crippen molar-refractivity contribution in [2.24, 2.45) is 0 Å². The summed E-state index contributed by atoms with van der Waals surface area (Å²) in [5.41, 5.74) is 0. The summed E-state index contributed by atoms with van der Waals surface area (Å²) in [6.45, 7) is 0. The summed E-state index contributed by atoms with van der Waals surface area (Å²) < 4.78 is 0. The van der Waals surface area contributed by atoms with Gasteiger partial charge in [-0.3, -0.25) is 0 Å².